The number of benzene rings is 2. The fourth-order valence-corrected chi connectivity index (χ4v) is 3.16. The third-order valence-electron chi connectivity index (χ3n) is 4.20. The van der Waals surface area contributed by atoms with Crippen molar-refractivity contribution in [3.8, 4) is 17.1 Å². The van der Waals surface area contributed by atoms with Crippen LogP contribution in [0.5, 0.6) is 5.75 Å². The van der Waals surface area contributed by atoms with Crippen LogP contribution in [0.3, 0.4) is 0 Å². The molecule has 7 heteroatoms. The Morgan fingerprint density at radius 3 is 2.72 bits per heavy atom. The molecule has 5 rings (SSSR count). The smallest absolute Gasteiger partial charge is 0.269 e. The Morgan fingerprint density at radius 1 is 1.08 bits per heavy atom. The maximum atomic E-state index is 13.0. The first kappa shape index (κ1) is 14.2. The summed E-state index contributed by atoms with van der Waals surface area (Å²) >= 11 is 5.94. The number of halogens is 1. The molecule has 0 bridgehead atoms. The SMILES string of the molecule is O=c1c2cnn(-c3ccc(Cl)cc3)c2nc2n1-c1ccccc1OC2. The molecule has 0 spiro atoms. The van der Waals surface area contributed by atoms with E-state index in [2.05, 4.69) is 10.1 Å². The number of fused-ring (bicyclic) bond motifs is 4. The van der Waals surface area contributed by atoms with E-state index >= 15 is 0 Å². The number of nitrogens with zero attached hydrogens (tertiary/aromatic N) is 4. The molecule has 0 amide bonds. The van der Waals surface area contributed by atoms with Gasteiger partial charge in [0, 0.05) is 5.02 Å². The van der Waals surface area contributed by atoms with Crippen molar-refractivity contribution in [1.82, 2.24) is 19.3 Å². The molecule has 0 radical (unpaired) electrons. The van der Waals surface area contributed by atoms with Gasteiger partial charge in [0.2, 0.25) is 0 Å². The number of ether oxygens (including phenoxy) is 1. The van der Waals surface area contributed by atoms with E-state index in [1.165, 1.54) is 0 Å². The molecule has 0 fully saturated rings. The van der Waals surface area contributed by atoms with E-state index < -0.39 is 0 Å². The Kier molecular flexibility index (Phi) is 2.96. The van der Waals surface area contributed by atoms with Crippen LogP contribution in [0.4, 0.5) is 0 Å². The van der Waals surface area contributed by atoms with Crippen LogP contribution in [-0.2, 0) is 6.61 Å². The van der Waals surface area contributed by atoms with Crippen molar-refractivity contribution in [2.24, 2.45) is 0 Å². The Balaban J connectivity index is 1.79. The van der Waals surface area contributed by atoms with E-state index in [0.717, 1.165) is 5.69 Å². The molecule has 1 aliphatic heterocycles. The molecule has 0 aliphatic carbocycles. The molecule has 2 aromatic heterocycles. The highest BCUT2D eigenvalue weighted by molar-refractivity contribution is 6.30. The fourth-order valence-electron chi connectivity index (χ4n) is 3.03. The van der Waals surface area contributed by atoms with Crippen LogP contribution < -0.4 is 10.3 Å². The van der Waals surface area contributed by atoms with E-state index in [9.17, 15) is 4.79 Å². The zero-order valence-electron chi connectivity index (χ0n) is 12.9. The van der Waals surface area contributed by atoms with E-state index in [1.807, 2.05) is 36.4 Å². The van der Waals surface area contributed by atoms with Gasteiger partial charge in [-0.2, -0.15) is 5.10 Å². The lowest BCUT2D eigenvalue weighted by molar-refractivity contribution is 0.276. The van der Waals surface area contributed by atoms with Crippen molar-refractivity contribution >= 4 is 22.6 Å². The summed E-state index contributed by atoms with van der Waals surface area (Å²) in [5, 5.41) is 5.43. The number of para-hydroxylation sites is 2. The zero-order chi connectivity index (χ0) is 17.0. The third-order valence-corrected chi connectivity index (χ3v) is 4.46. The monoisotopic (exact) mass is 350 g/mol. The highest BCUT2D eigenvalue weighted by Gasteiger charge is 2.22. The molecule has 0 N–H and O–H groups in total. The summed E-state index contributed by atoms with van der Waals surface area (Å²) in [6.45, 7) is 0.230. The molecule has 122 valence electrons. The minimum Gasteiger partial charge on any atom is -0.483 e. The lowest BCUT2D eigenvalue weighted by Crippen LogP contribution is -2.28. The molecule has 4 aromatic rings. The first-order valence-electron chi connectivity index (χ1n) is 7.70. The second-order valence-corrected chi connectivity index (χ2v) is 6.13. The molecule has 6 nitrogen and oxygen atoms in total. The van der Waals surface area contributed by atoms with Crippen molar-refractivity contribution in [2.75, 3.05) is 0 Å². The minimum absolute atomic E-state index is 0.157. The average molecular weight is 351 g/mol. The van der Waals surface area contributed by atoms with Gasteiger partial charge in [-0.1, -0.05) is 23.7 Å². The number of rotatable bonds is 1. The number of aromatic nitrogens is 4. The van der Waals surface area contributed by atoms with Gasteiger partial charge in [-0.05, 0) is 36.4 Å². The van der Waals surface area contributed by atoms with Gasteiger partial charge >= 0.3 is 0 Å². The normalized spacial score (nSPS) is 12.5. The molecular formula is C18H11ClN4O2. The molecular weight excluding hydrogens is 340 g/mol. The van der Waals surface area contributed by atoms with Gasteiger partial charge in [-0.25, -0.2) is 9.67 Å². The largest absolute Gasteiger partial charge is 0.483 e. The summed E-state index contributed by atoms with van der Waals surface area (Å²) in [7, 11) is 0. The molecule has 3 heterocycles. The Bertz CT molecular complexity index is 1180. The second kappa shape index (κ2) is 5.19. The number of hydrogen-bond donors (Lipinski definition) is 0. The van der Waals surface area contributed by atoms with Gasteiger partial charge in [0.15, 0.2) is 11.5 Å². The van der Waals surface area contributed by atoms with Gasteiger partial charge in [-0.3, -0.25) is 9.36 Å². The first-order valence-corrected chi connectivity index (χ1v) is 8.08. The van der Waals surface area contributed by atoms with Gasteiger partial charge in [0.05, 0.1) is 17.6 Å². The maximum Gasteiger partial charge on any atom is 0.269 e. The molecule has 0 atom stereocenters. The highest BCUT2D eigenvalue weighted by Crippen LogP contribution is 2.28. The second-order valence-electron chi connectivity index (χ2n) is 5.70. The van der Waals surface area contributed by atoms with E-state index in [1.54, 1.807) is 27.6 Å². The van der Waals surface area contributed by atoms with Gasteiger partial charge in [0.25, 0.3) is 5.56 Å². The van der Waals surface area contributed by atoms with Crippen molar-refractivity contribution in [3.05, 3.63) is 75.9 Å². The summed E-state index contributed by atoms with van der Waals surface area (Å²) in [6.07, 6.45) is 1.55. The lowest BCUT2D eigenvalue weighted by atomic mass is 10.2. The predicted octanol–water partition coefficient (Wildman–Crippen LogP) is 3.12. The fraction of sp³-hybridized carbons (Fsp3) is 0.0556. The van der Waals surface area contributed by atoms with Crippen molar-refractivity contribution in [1.29, 1.82) is 0 Å². The molecule has 1 aliphatic rings. The third kappa shape index (κ3) is 2.08. The molecule has 0 saturated carbocycles. The maximum absolute atomic E-state index is 13.0. The molecule has 25 heavy (non-hydrogen) atoms. The van der Waals surface area contributed by atoms with Crippen LogP contribution in [-0.4, -0.2) is 19.3 Å². The van der Waals surface area contributed by atoms with Gasteiger partial charge in [-0.15, -0.1) is 0 Å². The van der Waals surface area contributed by atoms with E-state index in [-0.39, 0.29) is 12.2 Å². The van der Waals surface area contributed by atoms with Crippen molar-refractivity contribution in [3.63, 3.8) is 0 Å². The molecule has 0 saturated heterocycles. The Morgan fingerprint density at radius 2 is 1.88 bits per heavy atom. The highest BCUT2D eigenvalue weighted by atomic mass is 35.5. The lowest BCUT2D eigenvalue weighted by Gasteiger charge is -2.21. The first-order chi connectivity index (χ1) is 12.2. The van der Waals surface area contributed by atoms with Crippen molar-refractivity contribution in [2.45, 2.75) is 6.61 Å². The Hall–Kier alpha value is -3.12. The topological polar surface area (TPSA) is 61.9 Å². The number of hydrogen-bond acceptors (Lipinski definition) is 4. The summed E-state index contributed by atoms with van der Waals surface area (Å²) in [5.41, 5.74) is 1.83. The minimum atomic E-state index is -0.157. The summed E-state index contributed by atoms with van der Waals surface area (Å²) in [5.74, 6) is 1.22. The van der Waals surface area contributed by atoms with Crippen LogP contribution >= 0.6 is 11.6 Å². The predicted molar refractivity (Wildman–Crippen MR) is 93.8 cm³/mol. The van der Waals surface area contributed by atoms with E-state index in [4.69, 9.17) is 16.3 Å². The Labute approximate surface area is 146 Å². The van der Waals surface area contributed by atoms with Crippen LogP contribution in [0.15, 0.2) is 59.5 Å². The molecule has 2 aromatic carbocycles. The summed E-state index contributed by atoms with van der Waals surface area (Å²) in [4.78, 5) is 17.7. The van der Waals surface area contributed by atoms with Crippen molar-refractivity contribution < 1.29 is 4.74 Å². The van der Waals surface area contributed by atoms with Crippen LogP contribution in [0.25, 0.3) is 22.4 Å². The quantitative estimate of drug-likeness (QED) is 0.529. The molecule has 0 unspecified atom stereocenters. The van der Waals surface area contributed by atoms with Crippen LogP contribution in [0.1, 0.15) is 5.82 Å². The van der Waals surface area contributed by atoms with Crippen LogP contribution in [0.2, 0.25) is 5.02 Å². The van der Waals surface area contributed by atoms with Gasteiger partial charge < -0.3 is 4.74 Å². The van der Waals surface area contributed by atoms with E-state index in [0.29, 0.717) is 33.3 Å². The summed E-state index contributed by atoms with van der Waals surface area (Å²) in [6, 6.07) is 14.6. The zero-order valence-corrected chi connectivity index (χ0v) is 13.6. The summed E-state index contributed by atoms with van der Waals surface area (Å²) < 4.78 is 8.95. The average Bonchev–Trinajstić information content (AvgIpc) is 3.06. The van der Waals surface area contributed by atoms with Crippen LogP contribution in [0, 0.1) is 0 Å². The van der Waals surface area contributed by atoms with Gasteiger partial charge in [0.1, 0.15) is 17.7 Å². The standard InChI is InChI=1S/C18H11ClN4O2/c19-11-5-7-12(8-6-11)23-17-13(9-20-23)18(24)22-14-3-1-2-4-15(14)25-10-16(22)21-17/h1-9H,10H2.